The normalized spacial score (nSPS) is 24.1. The smallest absolute Gasteiger partial charge is 0.334 e. The molecule has 0 bridgehead atoms. The van der Waals surface area contributed by atoms with E-state index in [9.17, 15) is 25.2 Å². The van der Waals surface area contributed by atoms with Crippen molar-refractivity contribution in [2.75, 3.05) is 0 Å². The number of ether oxygens (including phenoxy) is 2. The first kappa shape index (κ1) is 35.2. The Morgan fingerprint density at radius 3 is 2.02 bits per heavy atom. The summed E-state index contributed by atoms with van der Waals surface area (Å²) in [5.41, 5.74) is 0.615. The van der Waals surface area contributed by atoms with E-state index in [1.165, 1.54) is 51.4 Å². The molecule has 7 atom stereocenters. The summed E-state index contributed by atoms with van der Waals surface area (Å²) >= 11 is 0. The molecule has 4 N–H and O–H groups in total. The van der Waals surface area contributed by atoms with Crippen LogP contribution in [-0.2, 0) is 14.3 Å². The summed E-state index contributed by atoms with van der Waals surface area (Å²) in [6.07, 6.45) is 19.8. The molecule has 0 aromatic carbocycles. The van der Waals surface area contributed by atoms with Crippen LogP contribution in [0.2, 0.25) is 0 Å². The fourth-order valence-corrected chi connectivity index (χ4v) is 6.05. The minimum Gasteiger partial charge on any atom is -0.455 e. The van der Waals surface area contributed by atoms with E-state index in [1.54, 1.807) is 0 Å². The maximum atomic E-state index is 11.6. The Kier molecular flexibility index (Phi) is 18.3. The molecule has 0 amide bonds. The fraction of sp³-hybridized carbons (Fsp3) is 0.909. The second-order valence-electron chi connectivity index (χ2n) is 12.4. The highest BCUT2D eigenvalue weighted by molar-refractivity contribution is 5.90. The molecule has 7 heteroatoms. The van der Waals surface area contributed by atoms with Gasteiger partial charge in [-0.05, 0) is 57.9 Å². The summed E-state index contributed by atoms with van der Waals surface area (Å²) in [5, 5.41) is 41.2. The predicted octanol–water partition coefficient (Wildman–Crippen LogP) is 6.28. The van der Waals surface area contributed by atoms with Gasteiger partial charge in [-0.25, -0.2) is 4.79 Å². The van der Waals surface area contributed by atoms with Gasteiger partial charge in [0.2, 0.25) is 0 Å². The highest BCUT2D eigenvalue weighted by Gasteiger charge is 2.31. The van der Waals surface area contributed by atoms with E-state index in [4.69, 9.17) is 9.47 Å². The number of hydrogen-bond acceptors (Lipinski definition) is 7. The van der Waals surface area contributed by atoms with Crippen LogP contribution < -0.4 is 0 Å². The van der Waals surface area contributed by atoms with Crippen molar-refractivity contribution in [1.82, 2.24) is 0 Å². The highest BCUT2D eigenvalue weighted by Crippen LogP contribution is 2.28. The molecule has 0 aromatic rings. The fourth-order valence-electron chi connectivity index (χ4n) is 6.05. The van der Waals surface area contributed by atoms with Crippen molar-refractivity contribution in [2.45, 2.75) is 191 Å². The Hall–Kier alpha value is -0.990. The number of hydrogen-bond donors (Lipinski definition) is 4. The van der Waals surface area contributed by atoms with E-state index in [0.29, 0.717) is 31.3 Å². The Morgan fingerprint density at radius 2 is 1.38 bits per heavy atom. The van der Waals surface area contributed by atoms with Gasteiger partial charge in [0.25, 0.3) is 0 Å². The minimum absolute atomic E-state index is 0.144. The molecular weight excluding hydrogens is 508 g/mol. The number of rotatable bonds is 24. The number of carbonyl (C=O) groups is 1. The number of aliphatic hydroxyl groups is 4. The van der Waals surface area contributed by atoms with Crippen molar-refractivity contribution in [3.05, 3.63) is 11.6 Å². The lowest BCUT2D eigenvalue weighted by atomic mass is 9.98. The molecule has 7 nitrogen and oxygen atoms in total. The standard InChI is InChI=1S/C33H60O7/c1-3-4-5-10-15-18-29(35)30(36)20-21-31(37)32-22-19-28(40-32)17-14-12-9-7-6-8-11-13-16-27(34)24-26-23-25(2)39-33(26)38/h23,25,27-32,34-37H,3-22,24H2,1-2H3/t25-,27+,28+,29?,30?,31-,32-/m0/s1. The van der Waals surface area contributed by atoms with E-state index in [-0.39, 0.29) is 24.3 Å². The largest absolute Gasteiger partial charge is 0.455 e. The second-order valence-corrected chi connectivity index (χ2v) is 12.4. The summed E-state index contributed by atoms with van der Waals surface area (Å²) in [5.74, 6) is -0.282. The molecule has 234 valence electrons. The molecule has 2 aliphatic heterocycles. The average Bonchev–Trinajstić information content (AvgIpc) is 3.53. The maximum absolute atomic E-state index is 11.6. The van der Waals surface area contributed by atoms with Crippen LogP contribution in [-0.4, -0.2) is 69.1 Å². The van der Waals surface area contributed by atoms with E-state index in [1.807, 2.05) is 13.0 Å². The molecule has 1 fully saturated rings. The Labute approximate surface area is 243 Å². The lowest BCUT2D eigenvalue weighted by Gasteiger charge is -2.22. The first-order valence-electron chi connectivity index (χ1n) is 16.6. The summed E-state index contributed by atoms with van der Waals surface area (Å²) in [6.45, 7) is 4.02. The van der Waals surface area contributed by atoms with Crippen molar-refractivity contribution in [3.63, 3.8) is 0 Å². The summed E-state index contributed by atoms with van der Waals surface area (Å²) < 4.78 is 11.2. The Bertz CT molecular complexity index is 696. The van der Waals surface area contributed by atoms with Crippen LogP contribution >= 0.6 is 0 Å². The summed E-state index contributed by atoms with van der Waals surface area (Å²) in [6, 6.07) is 0. The van der Waals surface area contributed by atoms with Crippen LogP contribution in [0.1, 0.15) is 149 Å². The van der Waals surface area contributed by atoms with Gasteiger partial charge in [-0.1, -0.05) is 90.4 Å². The topological polar surface area (TPSA) is 116 Å². The van der Waals surface area contributed by atoms with Crippen LogP contribution in [0, 0.1) is 0 Å². The maximum Gasteiger partial charge on any atom is 0.334 e. The second kappa shape index (κ2) is 20.8. The summed E-state index contributed by atoms with van der Waals surface area (Å²) in [4.78, 5) is 11.6. The zero-order valence-electron chi connectivity index (χ0n) is 25.5. The highest BCUT2D eigenvalue weighted by atomic mass is 16.5. The predicted molar refractivity (Wildman–Crippen MR) is 159 cm³/mol. The third kappa shape index (κ3) is 14.8. The monoisotopic (exact) mass is 568 g/mol. The van der Waals surface area contributed by atoms with Crippen molar-refractivity contribution in [1.29, 1.82) is 0 Å². The van der Waals surface area contributed by atoms with Crippen LogP contribution in [0.3, 0.4) is 0 Å². The van der Waals surface area contributed by atoms with Crippen LogP contribution in [0.25, 0.3) is 0 Å². The number of carbonyl (C=O) groups excluding carboxylic acids is 1. The minimum atomic E-state index is -0.768. The van der Waals surface area contributed by atoms with Gasteiger partial charge in [0, 0.05) is 12.0 Å². The third-order valence-corrected chi connectivity index (χ3v) is 8.64. The van der Waals surface area contributed by atoms with E-state index < -0.39 is 24.4 Å². The zero-order valence-corrected chi connectivity index (χ0v) is 25.5. The van der Waals surface area contributed by atoms with Crippen molar-refractivity contribution < 1.29 is 34.7 Å². The van der Waals surface area contributed by atoms with Gasteiger partial charge < -0.3 is 29.9 Å². The number of unbranched alkanes of at least 4 members (excludes halogenated alkanes) is 11. The molecule has 40 heavy (non-hydrogen) atoms. The zero-order chi connectivity index (χ0) is 29.2. The molecule has 2 heterocycles. The Balaban J connectivity index is 1.40. The van der Waals surface area contributed by atoms with Crippen LogP contribution in [0.15, 0.2) is 11.6 Å². The lowest BCUT2D eigenvalue weighted by Crippen LogP contribution is -2.31. The van der Waals surface area contributed by atoms with Crippen molar-refractivity contribution in [3.8, 4) is 0 Å². The first-order chi connectivity index (χ1) is 19.3. The molecule has 0 radical (unpaired) electrons. The molecule has 2 rings (SSSR count). The molecule has 1 saturated heterocycles. The number of esters is 1. The van der Waals surface area contributed by atoms with E-state index >= 15 is 0 Å². The van der Waals surface area contributed by atoms with Gasteiger partial charge in [-0.2, -0.15) is 0 Å². The molecule has 0 aromatic heterocycles. The van der Waals surface area contributed by atoms with Gasteiger partial charge in [0.1, 0.15) is 6.10 Å². The number of aliphatic hydroxyl groups excluding tert-OH is 4. The first-order valence-corrected chi connectivity index (χ1v) is 16.6. The van der Waals surface area contributed by atoms with Gasteiger partial charge >= 0.3 is 5.97 Å². The van der Waals surface area contributed by atoms with Crippen LogP contribution in [0.5, 0.6) is 0 Å². The van der Waals surface area contributed by atoms with E-state index in [0.717, 1.165) is 57.8 Å². The summed E-state index contributed by atoms with van der Waals surface area (Å²) in [7, 11) is 0. The van der Waals surface area contributed by atoms with Crippen molar-refractivity contribution in [2.24, 2.45) is 0 Å². The van der Waals surface area contributed by atoms with Gasteiger partial charge in [0.15, 0.2) is 0 Å². The van der Waals surface area contributed by atoms with Gasteiger partial charge in [-0.15, -0.1) is 0 Å². The quantitative estimate of drug-likeness (QED) is 0.0800. The molecule has 2 unspecified atom stereocenters. The molecule has 0 spiro atoms. The lowest BCUT2D eigenvalue weighted by molar-refractivity contribution is -0.139. The molecule has 0 aliphatic carbocycles. The van der Waals surface area contributed by atoms with E-state index in [2.05, 4.69) is 6.92 Å². The van der Waals surface area contributed by atoms with Gasteiger partial charge in [-0.3, -0.25) is 0 Å². The average molecular weight is 569 g/mol. The van der Waals surface area contributed by atoms with Crippen molar-refractivity contribution >= 4 is 5.97 Å². The van der Waals surface area contributed by atoms with Gasteiger partial charge in [0.05, 0.1) is 36.6 Å². The molecule has 2 aliphatic rings. The molecular formula is C33H60O7. The SMILES string of the molecule is CCCCCCCC(O)C(O)CC[C@H](O)[C@@H]1CC[C@@H](CCCCCCCCCC[C@@H](O)CC2=C[C@H](C)OC2=O)O1. The number of cyclic esters (lactones) is 1. The van der Waals surface area contributed by atoms with Crippen LogP contribution in [0.4, 0.5) is 0 Å². The Morgan fingerprint density at radius 1 is 0.775 bits per heavy atom. The third-order valence-electron chi connectivity index (χ3n) is 8.64. The molecule has 0 saturated carbocycles.